The molecule has 0 saturated carbocycles. The number of nitrogens with one attached hydrogen (secondary N) is 1. The molecule has 1 aliphatic heterocycles. The van der Waals surface area contributed by atoms with E-state index in [2.05, 4.69) is 19.4 Å². The lowest BCUT2D eigenvalue weighted by Gasteiger charge is -2.31. The molecule has 3 aromatic heterocycles. The van der Waals surface area contributed by atoms with E-state index >= 15 is 0 Å². The maximum Gasteiger partial charge on any atom is 0.225 e. The van der Waals surface area contributed by atoms with Gasteiger partial charge in [0.1, 0.15) is 12.3 Å². The van der Waals surface area contributed by atoms with E-state index in [4.69, 9.17) is 4.42 Å². The van der Waals surface area contributed by atoms with E-state index < -0.39 is 0 Å². The zero-order valence-corrected chi connectivity index (χ0v) is 16.4. The Morgan fingerprint density at radius 2 is 1.93 bits per heavy atom. The number of hydrogen-bond donors (Lipinski definition) is 1. The van der Waals surface area contributed by atoms with Crippen LogP contribution in [-0.2, 0) is 6.54 Å². The van der Waals surface area contributed by atoms with E-state index in [1.54, 1.807) is 18.7 Å². The predicted molar refractivity (Wildman–Crippen MR) is 106 cm³/mol. The Morgan fingerprint density at radius 3 is 2.61 bits per heavy atom. The van der Waals surface area contributed by atoms with Gasteiger partial charge in [-0.3, -0.25) is 4.79 Å². The number of nitrogens with zero attached hydrogens (tertiary/aromatic N) is 4. The summed E-state index contributed by atoms with van der Waals surface area (Å²) in [6, 6.07) is 7.68. The van der Waals surface area contributed by atoms with E-state index in [-0.39, 0.29) is 5.78 Å². The summed E-state index contributed by atoms with van der Waals surface area (Å²) in [6.07, 6.45) is 5.21. The first kappa shape index (κ1) is 18.4. The fourth-order valence-electron chi connectivity index (χ4n) is 3.86. The number of quaternary nitrogens is 1. The van der Waals surface area contributed by atoms with E-state index in [0.717, 1.165) is 54.8 Å². The molecule has 1 saturated heterocycles. The van der Waals surface area contributed by atoms with Gasteiger partial charge in [-0.1, -0.05) is 0 Å². The van der Waals surface area contributed by atoms with Crippen LogP contribution in [0.2, 0.25) is 0 Å². The number of aromatic nitrogens is 3. The van der Waals surface area contributed by atoms with E-state index in [9.17, 15) is 4.79 Å². The standard InChI is InChI=1S/C21H25N5O2/c1-16-13-19(17(2)26(16)14-18-5-3-12-28-18)20(27)15-24-8-10-25(11-9-24)21-22-6-4-7-23-21/h3-7,12-13H,8-11,14-15H2,1-2H3/p+1. The second-order valence-corrected chi connectivity index (χ2v) is 7.34. The van der Waals surface area contributed by atoms with Gasteiger partial charge in [-0.2, -0.15) is 0 Å². The lowest BCUT2D eigenvalue weighted by molar-refractivity contribution is -0.892. The van der Waals surface area contributed by atoms with Gasteiger partial charge in [0.05, 0.1) is 39.0 Å². The van der Waals surface area contributed by atoms with Crippen LogP contribution in [0, 0.1) is 13.8 Å². The van der Waals surface area contributed by atoms with Crippen LogP contribution in [0.15, 0.2) is 47.3 Å². The molecule has 7 heteroatoms. The SMILES string of the molecule is Cc1cc(C(=O)C[NH+]2CCN(c3ncccn3)CC2)c(C)n1Cc1ccco1. The molecular formula is C21H26N5O2+. The third kappa shape index (κ3) is 3.84. The van der Waals surface area contributed by atoms with Gasteiger partial charge in [-0.25, -0.2) is 9.97 Å². The minimum absolute atomic E-state index is 0.207. The average molecular weight is 380 g/mol. The molecule has 3 aromatic rings. The first-order valence-electron chi connectivity index (χ1n) is 9.69. The first-order valence-corrected chi connectivity index (χ1v) is 9.69. The Morgan fingerprint density at radius 1 is 1.18 bits per heavy atom. The van der Waals surface area contributed by atoms with Crippen molar-refractivity contribution in [3.05, 3.63) is 65.6 Å². The van der Waals surface area contributed by atoms with Gasteiger partial charge in [0.2, 0.25) is 11.7 Å². The number of carbonyl (C=O) groups is 1. The Balaban J connectivity index is 1.38. The lowest BCUT2D eigenvalue weighted by Crippen LogP contribution is -3.15. The van der Waals surface area contributed by atoms with Gasteiger partial charge in [0.25, 0.3) is 0 Å². The smallest absolute Gasteiger partial charge is 0.225 e. The second kappa shape index (κ2) is 7.98. The third-order valence-electron chi connectivity index (χ3n) is 5.48. The lowest BCUT2D eigenvalue weighted by atomic mass is 10.1. The highest BCUT2D eigenvalue weighted by Gasteiger charge is 2.25. The molecule has 0 radical (unpaired) electrons. The van der Waals surface area contributed by atoms with Crippen molar-refractivity contribution in [2.75, 3.05) is 37.6 Å². The van der Waals surface area contributed by atoms with Gasteiger partial charge in [-0.15, -0.1) is 0 Å². The fraction of sp³-hybridized carbons (Fsp3) is 0.381. The Kier molecular flexibility index (Phi) is 5.25. The molecule has 0 atom stereocenters. The van der Waals surface area contributed by atoms with Crippen LogP contribution < -0.4 is 9.80 Å². The van der Waals surface area contributed by atoms with E-state index in [1.807, 2.05) is 38.1 Å². The third-order valence-corrected chi connectivity index (χ3v) is 5.48. The zero-order valence-electron chi connectivity index (χ0n) is 16.4. The first-order chi connectivity index (χ1) is 13.6. The van der Waals surface area contributed by atoms with Crippen molar-refractivity contribution in [3.8, 4) is 0 Å². The van der Waals surface area contributed by atoms with Gasteiger partial charge >= 0.3 is 0 Å². The van der Waals surface area contributed by atoms with Crippen LogP contribution in [0.1, 0.15) is 27.5 Å². The number of aryl methyl sites for hydroxylation is 1. The molecular weight excluding hydrogens is 354 g/mol. The van der Waals surface area contributed by atoms with Crippen molar-refractivity contribution >= 4 is 11.7 Å². The summed E-state index contributed by atoms with van der Waals surface area (Å²) in [5, 5.41) is 0. The van der Waals surface area contributed by atoms with Crippen molar-refractivity contribution in [3.63, 3.8) is 0 Å². The van der Waals surface area contributed by atoms with Gasteiger partial charge in [-0.05, 0) is 38.1 Å². The molecule has 1 aliphatic rings. The van der Waals surface area contributed by atoms with Crippen LogP contribution >= 0.6 is 0 Å². The van der Waals surface area contributed by atoms with Crippen molar-refractivity contribution < 1.29 is 14.1 Å². The average Bonchev–Trinajstić information content (AvgIpc) is 3.33. The maximum absolute atomic E-state index is 13.0. The number of piperazine rings is 1. The highest BCUT2D eigenvalue weighted by atomic mass is 16.3. The quantitative estimate of drug-likeness (QED) is 0.649. The summed E-state index contributed by atoms with van der Waals surface area (Å²) in [5.74, 6) is 1.87. The Hall–Kier alpha value is -2.93. The van der Waals surface area contributed by atoms with Crippen molar-refractivity contribution in [2.45, 2.75) is 20.4 Å². The van der Waals surface area contributed by atoms with Crippen LogP contribution in [0.25, 0.3) is 0 Å². The highest BCUT2D eigenvalue weighted by molar-refractivity contribution is 5.98. The molecule has 0 spiro atoms. The van der Waals surface area contributed by atoms with Crippen molar-refractivity contribution in [1.82, 2.24) is 14.5 Å². The molecule has 4 rings (SSSR count). The predicted octanol–water partition coefficient (Wildman–Crippen LogP) is 1.12. The Labute approximate surface area is 164 Å². The number of hydrogen-bond acceptors (Lipinski definition) is 5. The summed E-state index contributed by atoms with van der Waals surface area (Å²) in [6.45, 7) is 8.79. The van der Waals surface area contributed by atoms with E-state index in [1.165, 1.54) is 4.90 Å². The normalized spacial score (nSPS) is 15.1. The van der Waals surface area contributed by atoms with Gasteiger partial charge in [0, 0.05) is 29.3 Å². The molecule has 4 heterocycles. The summed E-state index contributed by atoms with van der Waals surface area (Å²) in [4.78, 5) is 25.1. The number of rotatable bonds is 6. The minimum atomic E-state index is 0.207. The molecule has 146 valence electrons. The maximum atomic E-state index is 13.0. The van der Waals surface area contributed by atoms with Crippen molar-refractivity contribution in [1.29, 1.82) is 0 Å². The summed E-state index contributed by atoms with van der Waals surface area (Å²) in [7, 11) is 0. The topological polar surface area (TPSA) is 68.6 Å². The fourth-order valence-corrected chi connectivity index (χ4v) is 3.86. The van der Waals surface area contributed by atoms with Gasteiger partial charge < -0.3 is 18.8 Å². The number of anilines is 1. The summed E-state index contributed by atoms with van der Waals surface area (Å²) in [5.41, 5.74) is 2.92. The number of carbonyl (C=O) groups excluding carboxylic acids is 1. The molecule has 0 unspecified atom stereocenters. The largest absolute Gasteiger partial charge is 0.467 e. The summed E-state index contributed by atoms with van der Waals surface area (Å²) >= 11 is 0. The molecule has 1 fully saturated rings. The van der Waals surface area contributed by atoms with Crippen LogP contribution in [0.4, 0.5) is 5.95 Å². The minimum Gasteiger partial charge on any atom is -0.467 e. The molecule has 28 heavy (non-hydrogen) atoms. The number of ketones is 1. The molecule has 1 N–H and O–H groups in total. The zero-order chi connectivity index (χ0) is 19.5. The summed E-state index contributed by atoms with van der Waals surface area (Å²) < 4.78 is 7.61. The molecule has 0 bridgehead atoms. The number of Topliss-reactive ketones (excluding diaryl/α,β-unsaturated/α-hetero) is 1. The van der Waals surface area contributed by atoms with Crippen LogP contribution in [-0.4, -0.2) is 53.0 Å². The molecule has 0 aliphatic carbocycles. The molecule has 0 aromatic carbocycles. The Bertz CT molecular complexity index is 925. The molecule has 0 amide bonds. The second-order valence-electron chi connectivity index (χ2n) is 7.34. The van der Waals surface area contributed by atoms with Crippen LogP contribution in [0.5, 0.6) is 0 Å². The van der Waals surface area contributed by atoms with E-state index in [0.29, 0.717) is 13.1 Å². The highest BCUT2D eigenvalue weighted by Crippen LogP contribution is 2.17. The monoisotopic (exact) mass is 380 g/mol. The van der Waals surface area contributed by atoms with Gasteiger partial charge in [0.15, 0.2) is 0 Å². The number of furan rings is 1. The van der Waals surface area contributed by atoms with Crippen molar-refractivity contribution in [2.24, 2.45) is 0 Å². The molecule has 7 nitrogen and oxygen atoms in total. The van der Waals surface area contributed by atoms with Crippen LogP contribution in [0.3, 0.4) is 0 Å².